The van der Waals surface area contributed by atoms with Crippen LogP contribution in [0.3, 0.4) is 0 Å². The second-order valence-corrected chi connectivity index (χ2v) is 6.65. The topological polar surface area (TPSA) is 73.4 Å². The number of aromatic nitrogens is 2. The third kappa shape index (κ3) is 4.60. The van der Waals surface area contributed by atoms with Gasteiger partial charge in [0, 0.05) is 31.9 Å². The van der Waals surface area contributed by atoms with Crippen molar-refractivity contribution in [3.8, 4) is 0 Å². The highest BCUT2D eigenvalue weighted by molar-refractivity contribution is 5.99. The first-order valence-corrected chi connectivity index (χ1v) is 9.40. The molecule has 29 heavy (non-hydrogen) atoms. The summed E-state index contributed by atoms with van der Waals surface area (Å²) in [6, 6.07) is 19.1. The van der Waals surface area contributed by atoms with Gasteiger partial charge in [-0.2, -0.15) is 0 Å². The number of nitrogens with zero attached hydrogens (tertiary/aromatic N) is 4. The zero-order chi connectivity index (χ0) is 20.1. The molecule has 1 aromatic heterocycles. The van der Waals surface area contributed by atoms with Gasteiger partial charge in [0.2, 0.25) is 0 Å². The fourth-order valence-electron chi connectivity index (χ4n) is 3.25. The maximum atomic E-state index is 14.0. The Bertz CT molecular complexity index is 958. The Morgan fingerprint density at radius 1 is 0.793 bits per heavy atom. The quantitative estimate of drug-likeness (QED) is 0.710. The summed E-state index contributed by atoms with van der Waals surface area (Å²) in [5.41, 5.74) is 1.32. The molecule has 1 saturated heterocycles. The molecule has 2 N–H and O–H groups in total. The molecule has 2 amide bonds. The third-order valence-electron chi connectivity index (χ3n) is 4.72. The number of hydrogen-bond donors (Lipinski definition) is 2. The number of nitrogens with one attached hydrogen (secondary N) is 2. The Labute approximate surface area is 168 Å². The summed E-state index contributed by atoms with van der Waals surface area (Å²) < 4.78 is 14.0. The van der Waals surface area contributed by atoms with Crippen molar-refractivity contribution in [3.05, 3.63) is 72.5 Å². The lowest BCUT2D eigenvalue weighted by molar-refractivity contribution is 0.262. The van der Waals surface area contributed by atoms with Crippen LogP contribution in [0.5, 0.6) is 0 Å². The van der Waals surface area contributed by atoms with Gasteiger partial charge in [0.15, 0.2) is 11.6 Å². The smallest absolute Gasteiger partial charge is 0.324 e. The SMILES string of the molecule is O=C(Nc1ccccc1)Nc1ccc(N2CCN(c3ccccc3F)CC2)nn1. The first kappa shape index (κ1) is 18.7. The molecule has 0 aliphatic carbocycles. The van der Waals surface area contributed by atoms with Crippen molar-refractivity contribution >= 4 is 29.0 Å². The molecule has 0 radical (unpaired) electrons. The maximum absolute atomic E-state index is 14.0. The number of anilines is 4. The van der Waals surface area contributed by atoms with Crippen LogP contribution in [0.25, 0.3) is 0 Å². The molecule has 7 nitrogen and oxygen atoms in total. The van der Waals surface area contributed by atoms with E-state index in [0.717, 1.165) is 5.82 Å². The number of para-hydroxylation sites is 2. The Hall–Kier alpha value is -3.68. The minimum Gasteiger partial charge on any atom is -0.366 e. The van der Waals surface area contributed by atoms with Crippen molar-refractivity contribution in [1.82, 2.24) is 10.2 Å². The van der Waals surface area contributed by atoms with Gasteiger partial charge in [-0.05, 0) is 36.4 Å². The molecule has 1 aliphatic heterocycles. The molecule has 148 valence electrons. The van der Waals surface area contributed by atoms with Gasteiger partial charge in [-0.3, -0.25) is 5.32 Å². The van der Waals surface area contributed by atoms with Crippen LogP contribution in [-0.4, -0.2) is 42.4 Å². The number of carbonyl (C=O) groups is 1. The summed E-state index contributed by atoms with van der Waals surface area (Å²) in [4.78, 5) is 16.2. The molecular weight excluding hydrogens is 371 g/mol. The molecule has 4 rings (SSSR count). The highest BCUT2D eigenvalue weighted by Crippen LogP contribution is 2.22. The van der Waals surface area contributed by atoms with E-state index in [0.29, 0.717) is 43.4 Å². The summed E-state index contributed by atoms with van der Waals surface area (Å²) in [6.07, 6.45) is 0. The average Bonchev–Trinajstić information content (AvgIpc) is 2.75. The number of hydrogen-bond acceptors (Lipinski definition) is 5. The molecule has 8 heteroatoms. The number of urea groups is 1. The van der Waals surface area contributed by atoms with E-state index in [1.165, 1.54) is 6.07 Å². The fraction of sp³-hybridized carbons (Fsp3) is 0.190. The first-order valence-electron chi connectivity index (χ1n) is 9.40. The largest absolute Gasteiger partial charge is 0.366 e. The minimum atomic E-state index is -0.378. The fourth-order valence-corrected chi connectivity index (χ4v) is 3.25. The second-order valence-electron chi connectivity index (χ2n) is 6.65. The molecule has 0 saturated carbocycles. The summed E-state index contributed by atoms with van der Waals surface area (Å²) in [5.74, 6) is 0.893. The maximum Gasteiger partial charge on any atom is 0.324 e. The van der Waals surface area contributed by atoms with E-state index < -0.39 is 0 Å². The van der Waals surface area contributed by atoms with Gasteiger partial charge in [0.25, 0.3) is 0 Å². The zero-order valence-electron chi connectivity index (χ0n) is 15.8. The van der Waals surface area contributed by atoms with Crippen molar-refractivity contribution in [2.45, 2.75) is 0 Å². The molecule has 0 spiro atoms. The molecule has 2 aromatic carbocycles. The van der Waals surface area contributed by atoms with Crippen molar-refractivity contribution in [3.63, 3.8) is 0 Å². The predicted molar refractivity (Wildman–Crippen MR) is 112 cm³/mol. The van der Waals surface area contributed by atoms with E-state index in [9.17, 15) is 9.18 Å². The van der Waals surface area contributed by atoms with E-state index >= 15 is 0 Å². The number of piperazine rings is 1. The highest BCUT2D eigenvalue weighted by atomic mass is 19.1. The van der Waals surface area contributed by atoms with Crippen molar-refractivity contribution in [2.24, 2.45) is 0 Å². The van der Waals surface area contributed by atoms with Crippen molar-refractivity contribution in [1.29, 1.82) is 0 Å². The number of amides is 2. The lowest BCUT2D eigenvalue weighted by Crippen LogP contribution is -2.47. The van der Waals surface area contributed by atoms with E-state index in [4.69, 9.17) is 0 Å². The molecule has 0 atom stereocenters. The van der Waals surface area contributed by atoms with Crippen LogP contribution in [0.1, 0.15) is 0 Å². The van der Waals surface area contributed by atoms with Crippen LogP contribution in [0, 0.1) is 5.82 Å². The number of halogens is 1. The van der Waals surface area contributed by atoms with Crippen LogP contribution in [-0.2, 0) is 0 Å². The van der Waals surface area contributed by atoms with Gasteiger partial charge in [0.05, 0.1) is 5.69 Å². The van der Waals surface area contributed by atoms with Crippen LogP contribution < -0.4 is 20.4 Å². The molecular formula is C21H21FN6O. The molecule has 0 unspecified atom stereocenters. The summed E-state index contributed by atoms with van der Waals surface area (Å²) in [5, 5.41) is 13.7. The second kappa shape index (κ2) is 8.55. The van der Waals surface area contributed by atoms with E-state index in [1.807, 2.05) is 35.2 Å². The zero-order valence-corrected chi connectivity index (χ0v) is 15.8. The Morgan fingerprint density at radius 3 is 2.17 bits per heavy atom. The predicted octanol–water partition coefficient (Wildman–Crippen LogP) is 3.59. The molecule has 2 heterocycles. The van der Waals surface area contributed by atoms with Gasteiger partial charge in [0.1, 0.15) is 5.82 Å². The Balaban J connectivity index is 1.32. The van der Waals surface area contributed by atoms with Crippen molar-refractivity contribution < 1.29 is 9.18 Å². The third-order valence-corrected chi connectivity index (χ3v) is 4.72. The monoisotopic (exact) mass is 392 g/mol. The van der Waals surface area contributed by atoms with E-state index in [2.05, 4.69) is 25.7 Å². The number of benzene rings is 2. The number of rotatable bonds is 4. The Kier molecular flexibility index (Phi) is 5.51. The normalized spacial score (nSPS) is 13.8. The standard InChI is InChI=1S/C21H21FN6O/c22-17-8-4-5-9-18(17)27-12-14-28(15-13-27)20-11-10-19(25-26-20)24-21(29)23-16-6-2-1-3-7-16/h1-11H,12-15H2,(H2,23,24,25,29). The summed E-state index contributed by atoms with van der Waals surface area (Å²) >= 11 is 0. The molecule has 1 fully saturated rings. The van der Waals surface area contributed by atoms with Gasteiger partial charge >= 0.3 is 6.03 Å². The van der Waals surface area contributed by atoms with Gasteiger partial charge in [-0.1, -0.05) is 30.3 Å². The van der Waals surface area contributed by atoms with Crippen LogP contribution in [0.15, 0.2) is 66.7 Å². The summed E-state index contributed by atoms with van der Waals surface area (Å²) in [6.45, 7) is 2.82. The van der Waals surface area contributed by atoms with Gasteiger partial charge in [-0.25, -0.2) is 9.18 Å². The van der Waals surface area contributed by atoms with Gasteiger partial charge < -0.3 is 15.1 Å². The lowest BCUT2D eigenvalue weighted by Gasteiger charge is -2.36. The lowest BCUT2D eigenvalue weighted by atomic mass is 10.2. The van der Waals surface area contributed by atoms with Crippen LogP contribution in [0.4, 0.5) is 32.2 Å². The van der Waals surface area contributed by atoms with Crippen LogP contribution in [0.2, 0.25) is 0 Å². The first-order chi connectivity index (χ1) is 14.2. The average molecular weight is 392 g/mol. The summed E-state index contributed by atoms with van der Waals surface area (Å²) in [7, 11) is 0. The molecule has 3 aromatic rings. The van der Waals surface area contributed by atoms with Crippen molar-refractivity contribution in [2.75, 3.05) is 46.6 Å². The molecule has 1 aliphatic rings. The number of carbonyl (C=O) groups excluding carboxylic acids is 1. The Morgan fingerprint density at radius 2 is 1.48 bits per heavy atom. The van der Waals surface area contributed by atoms with Gasteiger partial charge in [-0.15, -0.1) is 10.2 Å². The highest BCUT2D eigenvalue weighted by Gasteiger charge is 2.20. The van der Waals surface area contributed by atoms with Crippen LogP contribution >= 0.6 is 0 Å². The van der Waals surface area contributed by atoms with E-state index in [1.54, 1.807) is 30.3 Å². The molecule has 0 bridgehead atoms. The van der Waals surface area contributed by atoms with E-state index in [-0.39, 0.29) is 11.8 Å². The minimum absolute atomic E-state index is 0.204.